The Morgan fingerprint density at radius 3 is 2.69 bits per heavy atom. The highest BCUT2D eigenvalue weighted by molar-refractivity contribution is 6.32. The fraction of sp³-hybridized carbons (Fsp3) is 0.478. The van der Waals surface area contributed by atoms with E-state index in [2.05, 4.69) is 17.1 Å². The fourth-order valence-electron chi connectivity index (χ4n) is 3.82. The molecular weight excluding hydrogens is 407 g/mol. The second-order valence-electron chi connectivity index (χ2n) is 7.27. The van der Waals surface area contributed by atoms with E-state index < -0.39 is 0 Å². The Hall–Kier alpha value is -1.46. The summed E-state index contributed by atoms with van der Waals surface area (Å²) in [6, 6.07) is 12.2. The van der Waals surface area contributed by atoms with E-state index in [-0.39, 0.29) is 0 Å². The molecule has 1 heterocycles. The summed E-state index contributed by atoms with van der Waals surface area (Å²) in [6.45, 7) is 9.13. The van der Waals surface area contributed by atoms with Crippen molar-refractivity contribution in [2.45, 2.75) is 45.9 Å². The van der Waals surface area contributed by atoms with E-state index in [4.69, 9.17) is 32.7 Å². The van der Waals surface area contributed by atoms with Gasteiger partial charge < -0.3 is 14.8 Å². The Kier molecular flexibility index (Phi) is 8.49. The normalized spacial score (nSPS) is 16.9. The molecule has 2 aromatic carbocycles. The first-order valence-corrected chi connectivity index (χ1v) is 11.1. The molecule has 0 saturated carbocycles. The first kappa shape index (κ1) is 22.2. The zero-order valence-electron chi connectivity index (χ0n) is 17.2. The van der Waals surface area contributed by atoms with Crippen LogP contribution in [-0.4, -0.2) is 37.2 Å². The molecule has 0 bridgehead atoms. The first-order chi connectivity index (χ1) is 14.1. The van der Waals surface area contributed by atoms with Gasteiger partial charge in [0.1, 0.15) is 6.61 Å². The molecule has 1 N–H and O–H groups in total. The van der Waals surface area contributed by atoms with Gasteiger partial charge in [0, 0.05) is 29.7 Å². The molecule has 29 heavy (non-hydrogen) atoms. The Labute approximate surface area is 184 Å². The SMILES string of the molecule is CCOc1cc(CNC[C@H]2CCCN2CC)cc(Cl)c1OCc1ccccc1Cl. The van der Waals surface area contributed by atoms with Crippen LogP contribution in [0.5, 0.6) is 11.5 Å². The van der Waals surface area contributed by atoms with Gasteiger partial charge in [-0.3, -0.25) is 4.90 Å². The molecule has 2 aromatic rings. The lowest BCUT2D eigenvalue weighted by molar-refractivity contribution is 0.259. The van der Waals surface area contributed by atoms with E-state index in [0.29, 0.717) is 40.8 Å². The van der Waals surface area contributed by atoms with Crippen molar-refractivity contribution in [2.24, 2.45) is 0 Å². The minimum atomic E-state index is 0.339. The summed E-state index contributed by atoms with van der Waals surface area (Å²) in [7, 11) is 0. The average molecular weight is 437 g/mol. The number of nitrogens with zero attached hydrogens (tertiary/aromatic N) is 1. The van der Waals surface area contributed by atoms with Crippen LogP contribution in [0.2, 0.25) is 10.0 Å². The average Bonchev–Trinajstić information content (AvgIpc) is 3.16. The molecule has 0 radical (unpaired) electrons. The van der Waals surface area contributed by atoms with Crippen molar-refractivity contribution in [3.63, 3.8) is 0 Å². The third-order valence-electron chi connectivity index (χ3n) is 5.31. The fourth-order valence-corrected chi connectivity index (χ4v) is 4.30. The molecule has 1 atom stereocenters. The zero-order valence-corrected chi connectivity index (χ0v) is 18.7. The quantitative estimate of drug-likeness (QED) is 0.529. The molecule has 0 spiro atoms. The van der Waals surface area contributed by atoms with Gasteiger partial charge in [-0.2, -0.15) is 0 Å². The molecule has 4 nitrogen and oxygen atoms in total. The van der Waals surface area contributed by atoms with Crippen molar-refractivity contribution in [3.05, 3.63) is 57.6 Å². The van der Waals surface area contributed by atoms with Crippen LogP contribution in [-0.2, 0) is 13.2 Å². The van der Waals surface area contributed by atoms with Crippen LogP contribution in [0, 0.1) is 0 Å². The Balaban J connectivity index is 1.65. The second kappa shape index (κ2) is 11.1. The van der Waals surface area contributed by atoms with Crippen molar-refractivity contribution in [3.8, 4) is 11.5 Å². The molecule has 6 heteroatoms. The van der Waals surface area contributed by atoms with E-state index in [0.717, 1.165) is 30.8 Å². The van der Waals surface area contributed by atoms with Gasteiger partial charge in [-0.1, -0.05) is 48.3 Å². The molecule has 1 saturated heterocycles. The topological polar surface area (TPSA) is 33.7 Å². The first-order valence-electron chi connectivity index (χ1n) is 10.4. The standard InChI is InChI=1S/C23H30Cl2N2O2/c1-3-27-11-7-9-19(27)15-26-14-17-12-21(25)23(22(13-17)28-4-2)29-16-18-8-5-6-10-20(18)24/h5-6,8,10,12-13,19,26H,3-4,7,9,11,14-16H2,1-2H3/t19-/m1/s1. The summed E-state index contributed by atoms with van der Waals surface area (Å²) in [5.74, 6) is 1.23. The molecule has 158 valence electrons. The lowest BCUT2D eigenvalue weighted by Gasteiger charge is -2.23. The van der Waals surface area contributed by atoms with Crippen LogP contribution >= 0.6 is 23.2 Å². The van der Waals surface area contributed by atoms with Gasteiger partial charge in [0.15, 0.2) is 11.5 Å². The van der Waals surface area contributed by atoms with E-state index in [1.807, 2.05) is 43.3 Å². The number of hydrogen-bond acceptors (Lipinski definition) is 4. The van der Waals surface area contributed by atoms with Crippen LogP contribution in [0.15, 0.2) is 36.4 Å². The minimum Gasteiger partial charge on any atom is -0.490 e. The summed E-state index contributed by atoms with van der Waals surface area (Å²) < 4.78 is 11.8. The monoisotopic (exact) mass is 436 g/mol. The number of nitrogens with one attached hydrogen (secondary N) is 1. The number of benzene rings is 2. The smallest absolute Gasteiger partial charge is 0.180 e. The maximum atomic E-state index is 6.55. The number of halogens is 2. The molecular formula is C23H30Cl2N2O2. The summed E-state index contributed by atoms with van der Waals surface area (Å²) in [5, 5.41) is 4.80. The van der Waals surface area contributed by atoms with Gasteiger partial charge in [-0.25, -0.2) is 0 Å². The van der Waals surface area contributed by atoms with Crippen LogP contribution in [0.3, 0.4) is 0 Å². The summed E-state index contributed by atoms with van der Waals surface area (Å²) >= 11 is 12.8. The third-order valence-corrected chi connectivity index (χ3v) is 5.96. The summed E-state index contributed by atoms with van der Waals surface area (Å²) in [6.07, 6.45) is 2.55. The van der Waals surface area contributed by atoms with Crippen molar-refractivity contribution in [2.75, 3.05) is 26.2 Å². The number of ether oxygens (including phenoxy) is 2. The predicted octanol–water partition coefficient (Wildman–Crippen LogP) is 5.55. The highest BCUT2D eigenvalue weighted by Crippen LogP contribution is 2.37. The maximum Gasteiger partial charge on any atom is 0.180 e. The minimum absolute atomic E-state index is 0.339. The molecule has 0 aromatic heterocycles. The van der Waals surface area contributed by atoms with Gasteiger partial charge in [-0.05, 0) is 56.6 Å². The van der Waals surface area contributed by atoms with Gasteiger partial charge in [0.05, 0.1) is 11.6 Å². The van der Waals surface area contributed by atoms with E-state index in [1.165, 1.54) is 19.4 Å². The zero-order chi connectivity index (χ0) is 20.6. The van der Waals surface area contributed by atoms with Gasteiger partial charge in [-0.15, -0.1) is 0 Å². The maximum absolute atomic E-state index is 6.55. The number of rotatable bonds is 10. The largest absolute Gasteiger partial charge is 0.490 e. The van der Waals surface area contributed by atoms with Gasteiger partial charge in [0.25, 0.3) is 0 Å². The van der Waals surface area contributed by atoms with Gasteiger partial charge >= 0.3 is 0 Å². The molecule has 1 aliphatic heterocycles. The molecule has 1 fully saturated rings. The lowest BCUT2D eigenvalue weighted by atomic mass is 10.1. The molecule has 3 rings (SSSR count). The Morgan fingerprint density at radius 2 is 1.93 bits per heavy atom. The van der Waals surface area contributed by atoms with Gasteiger partial charge in [0.2, 0.25) is 0 Å². The van der Waals surface area contributed by atoms with Crippen LogP contribution in [0.4, 0.5) is 0 Å². The van der Waals surface area contributed by atoms with E-state index in [9.17, 15) is 0 Å². The molecule has 0 aliphatic carbocycles. The predicted molar refractivity (Wildman–Crippen MR) is 120 cm³/mol. The highest BCUT2D eigenvalue weighted by Gasteiger charge is 2.22. The number of likely N-dealkylation sites (tertiary alicyclic amines) is 1. The van der Waals surface area contributed by atoms with E-state index in [1.54, 1.807) is 0 Å². The lowest BCUT2D eigenvalue weighted by Crippen LogP contribution is -2.37. The third kappa shape index (κ3) is 6.02. The van der Waals surface area contributed by atoms with E-state index >= 15 is 0 Å². The van der Waals surface area contributed by atoms with Crippen LogP contribution < -0.4 is 14.8 Å². The Bertz CT molecular complexity index is 800. The van der Waals surface area contributed by atoms with Crippen molar-refractivity contribution < 1.29 is 9.47 Å². The number of likely N-dealkylation sites (N-methyl/N-ethyl adjacent to an activating group) is 1. The van der Waals surface area contributed by atoms with Crippen molar-refractivity contribution >= 4 is 23.2 Å². The van der Waals surface area contributed by atoms with Crippen LogP contribution in [0.25, 0.3) is 0 Å². The second-order valence-corrected chi connectivity index (χ2v) is 8.09. The van der Waals surface area contributed by atoms with Crippen molar-refractivity contribution in [1.29, 1.82) is 0 Å². The van der Waals surface area contributed by atoms with Crippen molar-refractivity contribution in [1.82, 2.24) is 10.2 Å². The highest BCUT2D eigenvalue weighted by atomic mass is 35.5. The molecule has 0 unspecified atom stereocenters. The molecule has 1 aliphatic rings. The summed E-state index contributed by atoms with van der Waals surface area (Å²) in [4.78, 5) is 2.54. The number of hydrogen-bond donors (Lipinski definition) is 1. The summed E-state index contributed by atoms with van der Waals surface area (Å²) in [5.41, 5.74) is 2.00. The Morgan fingerprint density at radius 1 is 1.10 bits per heavy atom. The van der Waals surface area contributed by atoms with Crippen LogP contribution in [0.1, 0.15) is 37.8 Å². The molecule has 0 amide bonds.